The summed E-state index contributed by atoms with van der Waals surface area (Å²) in [5.74, 6) is 0.609. The largest absolute Gasteiger partial charge is 0.489 e. The van der Waals surface area contributed by atoms with Crippen LogP contribution in [0.25, 0.3) is 0 Å². The SMILES string of the molecule is OCCC1CCCN(CCOc2ccccc2F)C1. The van der Waals surface area contributed by atoms with Gasteiger partial charge in [0.15, 0.2) is 11.6 Å². The Morgan fingerprint density at radius 1 is 1.37 bits per heavy atom. The first kappa shape index (κ1) is 14.3. The summed E-state index contributed by atoms with van der Waals surface area (Å²) in [4.78, 5) is 2.34. The fourth-order valence-electron chi connectivity index (χ4n) is 2.62. The van der Waals surface area contributed by atoms with Crippen molar-refractivity contribution in [1.82, 2.24) is 4.90 Å². The van der Waals surface area contributed by atoms with Crippen molar-refractivity contribution in [3.8, 4) is 5.75 Å². The van der Waals surface area contributed by atoms with Gasteiger partial charge in [0.1, 0.15) is 6.61 Å². The molecule has 0 amide bonds. The summed E-state index contributed by atoms with van der Waals surface area (Å²) in [6.07, 6.45) is 3.25. The van der Waals surface area contributed by atoms with Crippen molar-refractivity contribution >= 4 is 0 Å². The first-order chi connectivity index (χ1) is 9.29. The van der Waals surface area contributed by atoms with Crippen LogP contribution in [0.2, 0.25) is 0 Å². The standard InChI is InChI=1S/C15H22FNO2/c16-14-5-1-2-6-15(14)19-11-9-17-8-3-4-13(12-17)7-10-18/h1-2,5-6,13,18H,3-4,7-12H2. The predicted octanol–water partition coefficient (Wildman–Crippen LogP) is 2.30. The average Bonchev–Trinajstić information content (AvgIpc) is 2.42. The highest BCUT2D eigenvalue weighted by atomic mass is 19.1. The second-order valence-corrected chi connectivity index (χ2v) is 5.10. The van der Waals surface area contributed by atoms with E-state index in [1.54, 1.807) is 18.2 Å². The number of hydrogen-bond acceptors (Lipinski definition) is 3. The molecule has 1 N–H and O–H groups in total. The van der Waals surface area contributed by atoms with Crippen LogP contribution in [0.5, 0.6) is 5.75 Å². The van der Waals surface area contributed by atoms with Gasteiger partial charge in [-0.3, -0.25) is 4.90 Å². The maximum absolute atomic E-state index is 13.4. The number of piperidine rings is 1. The van der Waals surface area contributed by atoms with Crippen molar-refractivity contribution in [2.45, 2.75) is 19.3 Å². The van der Waals surface area contributed by atoms with Crippen LogP contribution >= 0.6 is 0 Å². The van der Waals surface area contributed by atoms with E-state index in [1.165, 1.54) is 18.9 Å². The lowest BCUT2D eigenvalue weighted by Gasteiger charge is -2.32. The predicted molar refractivity (Wildman–Crippen MR) is 72.8 cm³/mol. The smallest absolute Gasteiger partial charge is 0.165 e. The molecule has 0 bridgehead atoms. The van der Waals surface area contributed by atoms with Crippen LogP contribution in [0.1, 0.15) is 19.3 Å². The monoisotopic (exact) mass is 267 g/mol. The molecule has 1 fully saturated rings. The van der Waals surface area contributed by atoms with E-state index >= 15 is 0 Å². The van der Waals surface area contributed by atoms with Crippen LogP contribution in [-0.4, -0.2) is 42.9 Å². The fourth-order valence-corrected chi connectivity index (χ4v) is 2.62. The number of aliphatic hydroxyl groups excluding tert-OH is 1. The number of likely N-dealkylation sites (tertiary alicyclic amines) is 1. The Hall–Kier alpha value is -1.13. The van der Waals surface area contributed by atoms with Crippen molar-refractivity contribution in [2.75, 3.05) is 32.8 Å². The van der Waals surface area contributed by atoms with Gasteiger partial charge in [-0.15, -0.1) is 0 Å². The van der Waals surface area contributed by atoms with Gasteiger partial charge in [-0.25, -0.2) is 4.39 Å². The van der Waals surface area contributed by atoms with E-state index in [2.05, 4.69) is 4.90 Å². The molecule has 2 rings (SSSR count). The lowest BCUT2D eigenvalue weighted by molar-refractivity contribution is 0.128. The minimum absolute atomic E-state index is 0.268. The van der Waals surface area contributed by atoms with Crippen molar-refractivity contribution in [1.29, 1.82) is 0 Å². The zero-order valence-electron chi connectivity index (χ0n) is 11.2. The molecule has 1 saturated heterocycles. The van der Waals surface area contributed by atoms with Crippen LogP contribution in [0.3, 0.4) is 0 Å². The normalized spacial score (nSPS) is 20.4. The highest BCUT2D eigenvalue weighted by molar-refractivity contribution is 5.23. The summed E-state index contributed by atoms with van der Waals surface area (Å²) in [6.45, 7) is 3.68. The van der Waals surface area contributed by atoms with Crippen LogP contribution in [-0.2, 0) is 0 Å². The third kappa shape index (κ3) is 4.48. The molecule has 0 aliphatic carbocycles. The van der Waals surface area contributed by atoms with E-state index < -0.39 is 0 Å². The molecule has 0 aromatic heterocycles. The summed E-state index contributed by atoms with van der Waals surface area (Å²) in [5.41, 5.74) is 0. The van der Waals surface area contributed by atoms with Crippen molar-refractivity contribution in [3.63, 3.8) is 0 Å². The lowest BCUT2D eigenvalue weighted by Crippen LogP contribution is -2.38. The van der Waals surface area contributed by atoms with E-state index in [1.807, 2.05) is 0 Å². The van der Waals surface area contributed by atoms with Gasteiger partial charge in [-0.05, 0) is 43.9 Å². The Kier molecular flexibility index (Phi) is 5.61. The zero-order valence-corrected chi connectivity index (χ0v) is 11.2. The van der Waals surface area contributed by atoms with Crippen LogP contribution in [0.15, 0.2) is 24.3 Å². The summed E-state index contributed by atoms with van der Waals surface area (Å²) in [6, 6.07) is 6.50. The van der Waals surface area contributed by atoms with E-state index in [-0.39, 0.29) is 12.4 Å². The summed E-state index contributed by atoms with van der Waals surface area (Å²) >= 11 is 0. The Morgan fingerprint density at radius 3 is 3.00 bits per heavy atom. The maximum atomic E-state index is 13.4. The van der Waals surface area contributed by atoms with Crippen molar-refractivity contribution in [2.24, 2.45) is 5.92 Å². The fraction of sp³-hybridized carbons (Fsp3) is 0.600. The molecule has 1 aliphatic heterocycles. The molecule has 1 atom stereocenters. The molecular weight excluding hydrogens is 245 g/mol. The average molecular weight is 267 g/mol. The van der Waals surface area contributed by atoms with E-state index in [0.29, 0.717) is 18.3 Å². The lowest BCUT2D eigenvalue weighted by atomic mass is 9.95. The first-order valence-corrected chi connectivity index (χ1v) is 7.00. The number of aliphatic hydroxyl groups is 1. The minimum atomic E-state index is -0.306. The van der Waals surface area contributed by atoms with E-state index in [0.717, 1.165) is 26.1 Å². The van der Waals surface area contributed by atoms with Crippen LogP contribution in [0.4, 0.5) is 4.39 Å². The number of para-hydroxylation sites is 1. The first-order valence-electron chi connectivity index (χ1n) is 7.00. The van der Waals surface area contributed by atoms with Gasteiger partial charge in [-0.2, -0.15) is 0 Å². The van der Waals surface area contributed by atoms with Gasteiger partial charge >= 0.3 is 0 Å². The summed E-state index contributed by atoms with van der Waals surface area (Å²) in [7, 11) is 0. The molecule has 0 saturated carbocycles. The molecular formula is C15H22FNO2. The summed E-state index contributed by atoms with van der Waals surface area (Å²) < 4.78 is 18.8. The molecule has 3 nitrogen and oxygen atoms in total. The number of hydrogen-bond donors (Lipinski definition) is 1. The number of benzene rings is 1. The van der Waals surface area contributed by atoms with Gasteiger partial charge in [0.2, 0.25) is 0 Å². The zero-order chi connectivity index (χ0) is 13.5. The molecule has 4 heteroatoms. The van der Waals surface area contributed by atoms with Gasteiger partial charge in [-0.1, -0.05) is 12.1 Å². The number of nitrogens with zero attached hydrogens (tertiary/aromatic N) is 1. The second-order valence-electron chi connectivity index (χ2n) is 5.10. The number of rotatable bonds is 6. The topological polar surface area (TPSA) is 32.7 Å². The molecule has 0 radical (unpaired) electrons. The van der Waals surface area contributed by atoms with Gasteiger partial charge < -0.3 is 9.84 Å². The molecule has 1 heterocycles. The Labute approximate surface area is 114 Å². The second kappa shape index (κ2) is 7.46. The van der Waals surface area contributed by atoms with Gasteiger partial charge in [0.25, 0.3) is 0 Å². The Bertz CT molecular complexity index is 384. The Balaban J connectivity index is 1.72. The molecule has 1 unspecified atom stereocenters. The molecule has 0 spiro atoms. The third-order valence-electron chi connectivity index (χ3n) is 3.64. The van der Waals surface area contributed by atoms with Gasteiger partial charge in [0.05, 0.1) is 0 Å². The number of halogens is 1. The molecule has 1 aromatic rings. The van der Waals surface area contributed by atoms with E-state index in [9.17, 15) is 4.39 Å². The Morgan fingerprint density at radius 2 is 2.21 bits per heavy atom. The van der Waals surface area contributed by atoms with Crippen molar-refractivity contribution < 1.29 is 14.2 Å². The third-order valence-corrected chi connectivity index (χ3v) is 3.64. The minimum Gasteiger partial charge on any atom is -0.489 e. The maximum Gasteiger partial charge on any atom is 0.165 e. The molecule has 1 aliphatic rings. The number of ether oxygens (including phenoxy) is 1. The molecule has 19 heavy (non-hydrogen) atoms. The van der Waals surface area contributed by atoms with Gasteiger partial charge in [0, 0.05) is 19.7 Å². The molecule has 106 valence electrons. The van der Waals surface area contributed by atoms with Crippen molar-refractivity contribution in [3.05, 3.63) is 30.1 Å². The van der Waals surface area contributed by atoms with Crippen LogP contribution < -0.4 is 4.74 Å². The summed E-state index contributed by atoms with van der Waals surface area (Å²) in [5, 5.41) is 8.98. The molecule has 1 aromatic carbocycles. The quantitative estimate of drug-likeness (QED) is 0.858. The van der Waals surface area contributed by atoms with Crippen LogP contribution in [0, 0.1) is 11.7 Å². The van der Waals surface area contributed by atoms with E-state index in [4.69, 9.17) is 9.84 Å². The highest BCUT2D eigenvalue weighted by Gasteiger charge is 2.19. The highest BCUT2D eigenvalue weighted by Crippen LogP contribution is 2.19.